The van der Waals surface area contributed by atoms with Crippen LogP contribution in [0.2, 0.25) is 0 Å². The van der Waals surface area contributed by atoms with Crippen LogP contribution in [0.1, 0.15) is 0 Å². The smallest absolute Gasteiger partial charge is 0.125 e. The number of nitrogens with two attached hydrogens (primary N) is 1. The lowest BCUT2D eigenvalue weighted by atomic mass is 10.1. The third-order valence-electron chi connectivity index (χ3n) is 2.00. The van der Waals surface area contributed by atoms with Gasteiger partial charge in [0.25, 0.3) is 0 Å². The van der Waals surface area contributed by atoms with Gasteiger partial charge in [-0.05, 0) is 18.2 Å². The molecule has 4 nitrogen and oxygen atoms in total. The number of hydrogen-bond acceptors (Lipinski definition) is 3. The molecule has 0 fully saturated rings. The minimum Gasteiger partial charge on any atom is -0.398 e. The second-order valence-corrected chi connectivity index (χ2v) is 2.97. The lowest BCUT2D eigenvalue weighted by Gasteiger charge is -2.04. The Kier molecular flexibility index (Phi) is 1.92. The Bertz CT molecular complexity index is 464. The molecule has 0 unspecified atom stereocenters. The molecule has 72 valence electrons. The molecule has 0 aliphatic rings. The number of rotatable bonds is 1. The van der Waals surface area contributed by atoms with Crippen molar-refractivity contribution in [1.29, 1.82) is 0 Å². The second kappa shape index (κ2) is 3.10. The van der Waals surface area contributed by atoms with Crippen molar-refractivity contribution in [3.8, 4) is 11.3 Å². The van der Waals surface area contributed by atoms with Gasteiger partial charge in [-0.25, -0.2) is 9.07 Å². The highest BCUT2D eigenvalue weighted by atomic mass is 19.1. The van der Waals surface area contributed by atoms with Gasteiger partial charge in [0.1, 0.15) is 5.82 Å². The maximum Gasteiger partial charge on any atom is 0.125 e. The summed E-state index contributed by atoms with van der Waals surface area (Å²) in [4.78, 5) is 0. The molecule has 1 aromatic heterocycles. The second-order valence-electron chi connectivity index (χ2n) is 2.97. The summed E-state index contributed by atoms with van der Waals surface area (Å²) >= 11 is 0. The number of aryl methyl sites for hydroxylation is 1. The summed E-state index contributed by atoms with van der Waals surface area (Å²) in [6.45, 7) is 0. The minimum atomic E-state index is -0.346. The first-order valence-electron chi connectivity index (χ1n) is 4.08. The van der Waals surface area contributed by atoms with Gasteiger partial charge in [-0.3, -0.25) is 0 Å². The predicted octanol–water partition coefficient (Wildman–Crippen LogP) is 1.20. The van der Waals surface area contributed by atoms with Crippen LogP contribution in [0, 0.1) is 5.82 Å². The van der Waals surface area contributed by atoms with E-state index in [0.29, 0.717) is 5.69 Å². The molecule has 0 aliphatic heterocycles. The summed E-state index contributed by atoms with van der Waals surface area (Å²) in [6.07, 6.45) is 1.59. The van der Waals surface area contributed by atoms with Crippen molar-refractivity contribution in [3.05, 3.63) is 30.2 Å². The molecular formula is C9H9FN4. The Morgan fingerprint density at radius 2 is 2.21 bits per heavy atom. The Hall–Kier alpha value is -1.91. The van der Waals surface area contributed by atoms with Crippen LogP contribution in [-0.2, 0) is 7.05 Å². The Morgan fingerprint density at radius 3 is 2.79 bits per heavy atom. The fourth-order valence-corrected chi connectivity index (χ4v) is 1.30. The molecule has 0 aliphatic carbocycles. The lowest BCUT2D eigenvalue weighted by molar-refractivity contribution is 0.628. The van der Waals surface area contributed by atoms with Gasteiger partial charge in [0.05, 0.1) is 11.9 Å². The van der Waals surface area contributed by atoms with Crippen LogP contribution < -0.4 is 5.73 Å². The van der Waals surface area contributed by atoms with E-state index < -0.39 is 0 Å². The number of nitrogens with zero attached hydrogens (tertiary/aromatic N) is 3. The largest absolute Gasteiger partial charge is 0.398 e. The van der Waals surface area contributed by atoms with Crippen LogP contribution in [0.5, 0.6) is 0 Å². The number of benzene rings is 1. The van der Waals surface area contributed by atoms with Crippen LogP contribution >= 0.6 is 0 Å². The molecule has 0 saturated heterocycles. The number of halogens is 1. The molecule has 0 bridgehead atoms. The predicted molar refractivity (Wildman–Crippen MR) is 50.8 cm³/mol. The van der Waals surface area contributed by atoms with E-state index in [0.717, 1.165) is 11.3 Å². The molecule has 0 spiro atoms. The highest BCUT2D eigenvalue weighted by Crippen LogP contribution is 2.24. The summed E-state index contributed by atoms with van der Waals surface area (Å²) in [6, 6.07) is 4.25. The fraction of sp³-hybridized carbons (Fsp3) is 0.111. The summed E-state index contributed by atoms with van der Waals surface area (Å²) in [5, 5.41) is 7.50. The van der Waals surface area contributed by atoms with Crippen molar-refractivity contribution in [1.82, 2.24) is 15.0 Å². The van der Waals surface area contributed by atoms with E-state index in [2.05, 4.69) is 10.3 Å². The van der Waals surface area contributed by atoms with Crippen molar-refractivity contribution in [2.24, 2.45) is 7.05 Å². The van der Waals surface area contributed by atoms with Crippen molar-refractivity contribution in [2.75, 3.05) is 5.73 Å². The Balaban J connectivity index is 2.58. The fourth-order valence-electron chi connectivity index (χ4n) is 1.30. The molecule has 2 N–H and O–H groups in total. The average Bonchev–Trinajstić information content (AvgIpc) is 2.52. The van der Waals surface area contributed by atoms with Gasteiger partial charge in [0, 0.05) is 18.3 Å². The van der Waals surface area contributed by atoms with Gasteiger partial charge < -0.3 is 5.73 Å². The number of nitrogen functional groups attached to an aromatic ring is 1. The molecule has 2 rings (SSSR count). The lowest BCUT2D eigenvalue weighted by Crippen LogP contribution is -1.97. The van der Waals surface area contributed by atoms with Crippen LogP contribution in [0.15, 0.2) is 24.4 Å². The zero-order valence-electron chi connectivity index (χ0n) is 7.61. The molecule has 1 aromatic carbocycles. The quantitative estimate of drug-likeness (QED) is 0.691. The van der Waals surface area contributed by atoms with E-state index in [1.54, 1.807) is 24.0 Å². The maximum atomic E-state index is 12.8. The zero-order chi connectivity index (χ0) is 10.1. The van der Waals surface area contributed by atoms with Crippen LogP contribution in [-0.4, -0.2) is 15.0 Å². The monoisotopic (exact) mass is 192 g/mol. The van der Waals surface area contributed by atoms with Crippen molar-refractivity contribution in [2.45, 2.75) is 0 Å². The molecule has 0 amide bonds. The van der Waals surface area contributed by atoms with E-state index in [1.165, 1.54) is 12.1 Å². The molecule has 0 radical (unpaired) electrons. The van der Waals surface area contributed by atoms with E-state index in [4.69, 9.17) is 5.73 Å². The third kappa shape index (κ3) is 1.32. The van der Waals surface area contributed by atoms with Gasteiger partial charge in [0.15, 0.2) is 0 Å². The Labute approximate surface area is 80.2 Å². The summed E-state index contributed by atoms with van der Waals surface area (Å²) in [5.41, 5.74) is 7.56. The van der Waals surface area contributed by atoms with Gasteiger partial charge in [-0.1, -0.05) is 5.21 Å². The summed E-state index contributed by atoms with van der Waals surface area (Å²) in [5.74, 6) is -0.346. The SMILES string of the molecule is Cn1nncc1-c1ccc(F)cc1N. The van der Waals surface area contributed by atoms with Crippen molar-refractivity contribution >= 4 is 5.69 Å². The first-order valence-corrected chi connectivity index (χ1v) is 4.08. The zero-order valence-corrected chi connectivity index (χ0v) is 7.61. The molecule has 1 heterocycles. The molecular weight excluding hydrogens is 183 g/mol. The highest BCUT2D eigenvalue weighted by Gasteiger charge is 2.07. The normalized spacial score (nSPS) is 10.4. The molecule has 14 heavy (non-hydrogen) atoms. The highest BCUT2D eigenvalue weighted by molar-refractivity contribution is 5.73. The van der Waals surface area contributed by atoms with Crippen molar-refractivity contribution < 1.29 is 4.39 Å². The maximum absolute atomic E-state index is 12.8. The van der Waals surface area contributed by atoms with Gasteiger partial charge >= 0.3 is 0 Å². The molecule has 2 aromatic rings. The summed E-state index contributed by atoms with van der Waals surface area (Å²) in [7, 11) is 1.76. The van der Waals surface area contributed by atoms with Crippen LogP contribution in [0.25, 0.3) is 11.3 Å². The average molecular weight is 192 g/mol. The molecule has 0 saturated carbocycles. The number of hydrogen-bond donors (Lipinski definition) is 1. The first-order chi connectivity index (χ1) is 6.68. The Morgan fingerprint density at radius 1 is 1.43 bits per heavy atom. The number of anilines is 1. The van der Waals surface area contributed by atoms with Gasteiger partial charge in [-0.15, -0.1) is 5.10 Å². The molecule has 5 heteroatoms. The van der Waals surface area contributed by atoms with E-state index in [9.17, 15) is 4.39 Å². The minimum absolute atomic E-state index is 0.346. The van der Waals surface area contributed by atoms with Gasteiger partial charge in [0.2, 0.25) is 0 Å². The van der Waals surface area contributed by atoms with E-state index in [-0.39, 0.29) is 5.82 Å². The van der Waals surface area contributed by atoms with Gasteiger partial charge in [-0.2, -0.15) is 0 Å². The number of aromatic nitrogens is 3. The topological polar surface area (TPSA) is 56.7 Å². The van der Waals surface area contributed by atoms with E-state index in [1.807, 2.05) is 0 Å². The van der Waals surface area contributed by atoms with Crippen molar-refractivity contribution in [3.63, 3.8) is 0 Å². The van der Waals surface area contributed by atoms with Crippen LogP contribution in [0.4, 0.5) is 10.1 Å². The molecule has 0 atom stereocenters. The van der Waals surface area contributed by atoms with Crippen LogP contribution in [0.3, 0.4) is 0 Å². The first kappa shape index (κ1) is 8.68. The van der Waals surface area contributed by atoms with E-state index >= 15 is 0 Å². The third-order valence-corrected chi connectivity index (χ3v) is 2.00. The standard InChI is InChI=1S/C9H9FN4/c1-14-9(5-12-13-14)7-3-2-6(10)4-8(7)11/h2-5H,11H2,1H3. The summed E-state index contributed by atoms with van der Waals surface area (Å²) < 4.78 is 14.4.